The number of likely N-dealkylation sites (N-methyl/N-ethyl adjacent to an activating group) is 1. The summed E-state index contributed by atoms with van der Waals surface area (Å²) in [7, 11) is 0. The number of carboxylic acid groups (broad SMARTS) is 1. The van der Waals surface area contributed by atoms with Crippen molar-refractivity contribution in [1.29, 1.82) is 0 Å². The molecule has 6 heteroatoms. The van der Waals surface area contributed by atoms with Crippen LogP contribution in [0.4, 0.5) is 5.82 Å². The number of carboxylic acids is 1. The number of hydrogen-bond acceptors (Lipinski definition) is 5. The minimum Gasteiger partial charge on any atom is -0.478 e. The molecule has 21 heavy (non-hydrogen) atoms. The van der Waals surface area contributed by atoms with Gasteiger partial charge in [0.2, 0.25) is 0 Å². The van der Waals surface area contributed by atoms with Crippen LogP contribution in [-0.2, 0) is 12.8 Å². The Morgan fingerprint density at radius 2 is 1.81 bits per heavy atom. The number of hydrogen-bond donors (Lipinski definition) is 2. The van der Waals surface area contributed by atoms with Gasteiger partial charge in [0.25, 0.3) is 0 Å². The summed E-state index contributed by atoms with van der Waals surface area (Å²) >= 11 is 0. The summed E-state index contributed by atoms with van der Waals surface area (Å²) in [5, 5.41) is 20.8. The molecule has 0 aliphatic rings. The number of aromatic nitrogens is 2. The SMILES string of the molecule is CCc1nnc(NCCN(CC)CC)c(C(=O)O)c1CC. The highest BCUT2D eigenvalue weighted by Gasteiger charge is 2.20. The number of aromatic carboxylic acids is 1. The molecule has 0 bridgehead atoms. The van der Waals surface area contributed by atoms with Gasteiger partial charge in [0.1, 0.15) is 5.56 Å². The smallest absolute Gasteiger partial charge is 0.339 e. The van der Waals surface area contributed by atoms with Crippen molar-refractivity contribution in [3.8, 4) is 0 Å². The second-order valence-electron chi connectivity index (χ2n) is 4.81. The Bertz CT molecular complexity index is 473. The Morgan fingerprint density at radius 1 is 1.14 bits per heavy atom. The first kappa shape index (κ1) is 17.4. The number of anilines is 1. The Balaban J connectivity index is 2.94. The third-order valence-corrected chi connectivity index (χ3v) is 3.67. The number of nitrogens with one attached hydrogen (secondary N) is 1. The van der Waals surface area contributed by atoms with Crippen molar-refractivity contribution >= 4 is 11.8 Å². The van der Waals surface area contributed by atoms with E-state index in [2.05, 4.69) is 34.3 Å². The third kappa shape index (κ3) is 4.39. The molecule has 0 saturated carbocycles. The van der Waals surface area contributed by atoms with Gasteiger partial charge in [-0.2, -0.15) is 5.10 Å². The van der Waals surface area contributed by atoms with E-state index in [1.165, 1.54) is 0 Å². The lowest BCUT2D eigenvalue weighted by Gasteiger charge is -2.19. The van der Waals surface area contributed by atoms with Crippen molar-refractivity contribution < 1.29 is 9.90 Å². The maximum Gasteiger partial charge on any atom is 0.339 e. The number of rotatable bonds is 9. The largest absolute Gasteiger partial charge is 0.478 e. The Hall–Kier alpha value is -1.69. The summed E-state index contributed by atoms with van der Waals surface area (Å²) < 4.78 is 0. The molecule has 0 aliphatic heterocycles. The van der Waals surface area contributed by atoms with Crippen LogP contribution in [0.2, 0.25) is 0 Å². The minimum atomic E-state index is -0.943. The highest BCUT2D eigenvalue weighted by Crippen LogP contribution is 2.20. The van der Waals surface area contributed by atoms with Crippen LogP contribution >= 0.6 is 0 Å². The second kappa shape index (κ2) is 8.56. The molecule has 1 aromatic heterocycles. The van der Waals surface area contributed by atoms with E-state index >= 15 is 0 Å². The van der Waals surface area contributed by atoms with E-state index in [4.69, 9.17) is 0 Å². The summed E-state index contributed by atoms with van der Waals surface area (Å²) in [6.07, 6.45) is 1.33. The standard InChI is InChI=1S/C15H26N4O2/c1-5-11-12(6-2)17-18-14(13(11)15(20)21)16-9-10-19(7-3)8-4/h5-10H2,1-4H3,(H,16,18)(H,20,21). The van der Waals surface area contributed by atoms with Gasteiger partial charge >= 0.3 is 5.97 Å². The highest BCUT2D eigenvalue weighted by atomic mass is 16.4. The highest BCUT2D eigenvalue weighted by molar-refractivity contribution is 5.95. The fourth-order valence-corrected chi connectivity index (χ4v) is 2.40. The van der Waals surface area contributed by atoms with Crippen molar-refractivity contribution in [3.05, 3.63) is 16.8 Å². The van der Waals surface area contributed by atoms with E-state index in [1.54, 1.807) is 0 Å². The summed E-state index contributed by atoms with van der Waals surface area (Å²) in [6.45, 7) is 11.6. The van der Waals surface area contributed by atoms with Crippen molar-refractivity contribution in [2.45, 2.75) is 40.5 Å². The fourth-order valence-electron chi connectivity index (χ4n) is 2.40. The lowest BCUT2D eigenvalue weighted by molar-refractivity contribution is 0.0696. The molecule has 6 nitrogen and oxygen atoms in total. The van der Waals surface area contributed by atoms with E-state index < -0.39 is 5.97 Å². The van der Waals surface area contributed by atoms with E-state index in [1.807, 2.05) is 13.8 Å². The first-order valence-corrected chi connectivity index (χ1v) is 7.66. The number of aryl methyl sites for hydroxylation is 1. The van der Waals surface area contributed by atoms with Crippen LogP contribution in [0.15, 0.2) is 0 Å². The average molecular weight is 294 g/mol. The van der Waals surface area contributed by atoms with E-state index in [0.29, 0.717) is 25.2 Å². The van der Waals surface area contributed by atoms with E-state index in [-0.39, 0.29) is 5.56 Å². The first-order chi connectivity index (χ1) is 10.1. The van der Waals surface area contributed by atoms with Crippen molar-refractivity contribution in [2.24, 2.45) is 0 Å². The monoisotopic (exact) mass is 294 g/mol. The van der Waals surface area contributed by atoms with Crippen LogP contribution in [-0.4, -0.2) is 52.4 Å². The summed E-state index contributed by atoms with van der Waals surface area (Å²) in [5.41, 5.74) is 1.82. The van der Waals surface area contributed by atoms with Gasteiger partial charge in [-0.3, -0.25) is 0 Å². The predicted octanol–water partition coefficient (Wildman–Crippen LogP) is 2.05. The first-order valence-electron chi connectivity index (χ1n) is 7.66. The van der Waals surface area contributed by atoms with Crippen LogP contribution in [0.5, 0.6) is 0 Å². The van der Waals surface area contributed by atoms with Crippen molar-refractivity contribution in [2.75, 3.05) is 31.5 Å². The van der Waals surface area contributed by atoms with Crippen molar-refractivity contribution in [1.82, 2.24) is 15.1 Å². The molecule has 0 fully saturated rings. The molecule has 0 spiro atoms. The molecule has 1 heterocycles. The number of nitrogens with zero attached hydrogens (tertiary/aromatic N) is 3. The van der Waals surface area contributed by atoms with Gasteiger partial charge in [-0.05, 0) is 31.5 Å². The maximum atomic E-state index is 11.6. The molecule has 0 radical (unpaired) electrons. The molecular formula is C15H26N4O2. The molecule has 0 saturated heterocycles. The van der Waals surface area contributed by atoms with Crippen LogP contribution in [0.1, 0.15) is 49.3 Å². The minimum absolute atomic E-state index is 0.267. The molecular weight excluding hydrogens is 268 g/mol. The van der Waals surface area contributed by atoms with E-state index in [9.17, 15) is 9.90 Å². The normalized spacial score (nSPS) is 10.9. The van der Waals surface area contributed by atoms with Gasteiger partial charge in [-0.25, -0.2) is 4.79 Å². The topological polar surface area (TPSA) is 78.4 Å². The van der Waals surface area contributed by atoms with Gasteiger partial charge in [0, 0.05) is 13.1 Å². The summed E-state index contributed by atoms with van der Waals surface area (Å²) in [4.78, 5) is 13.8. The Kier molecular flexibility index (Phi) is 7.08. The fraction of sp³-hybridized carbons (Fsp3) is 0.667. The van der Waals surface area contributed by atoms with Crippen molar-refractivity contribution in [3.63, 3.8) is 0 Å². The van der Waals surface area contributed by atoms with Crippen LogP contribution < -0.4 is 5.32 Å². The molecule has 1 rings (SSSR count). The summed E-state index contributed by atoms with van der Waals surface area (Å²) in [5.74, 6) is -0.564. The molecule has 0 amide bonds. The van der Waals surface area contributed by atoms with Gasteiger partial charge in [0.15, 0.2) is 5.82 Å². The second-order valence-corrected chi connectivity index (χ2v) is 4.81. The quantitative estimate of drug-likeness (QED) is 0.726. The molecule has 0 aliphatic carbocycles. The lowest BCUT2D eigenvalue weighted by Crippen LogP contribution is -2.29. The van der Waals surface area contributed by atoms with Crippen LogP contribution in [0, 0.1) is 0 Å². The molecule has 2 N–H and O–H groups in total. The molecule has 0 aromatic carbocycles. The molecule has 118 valence electrons. The zero-order chi connectivity index (χ0) is 15.8. The molecule has 0 atom stereocenters. The van der Waals surface area contributed by atoms with Gasteiger partial charge < -0.3 is 15.3 Å². The Labute approximate surface area is 126 Å². The number of carbonyl (C=O) groups is 1. The zero-order valence-electron chi connectivity index (χ0n) is 13.4. The summed E-state index contributed by atoms with van der Waals surface area (Å²) in [6, 6.07) is 0. The maximum absolute atomic E-state index is 11.6. The van der Waals surface area contributed by atoms with E-state index in [0.717, 1.165) is 30.9 Å². The van der Waals surface area contributed by atoms with Crippen LogP contribution in [0.25, 0.3) is 0 Å². The lowest BCUT2D eigenvalue weighted by atomic mass is 10.0. The average Bonchev–Trinajstić information content (AvgIpc) is 2.50. The van der Waals surface area contributed by atoms with Gasteiger partial charge in [-0.15, -0.1) is 5.10 Å². The molecule has 0 unspecified atom stereocenters. The molecule has 1 aromatic rings. The van der Waals surface area contributed by atoms with Gasteiger partial charge in [-0.1, -0.05) is 27.7 Å². The zero-order valence-corrected chi connectivity index (χ0v) is 13.4. The van der Waals surface area contributed by atoms with Gasteiger partial charge in [0.05, 0.1) is 5.69 Å². The predicted molar refractivity (Wildman–Crippen MR) is 84.0 cm³/mol. The van der Waals surface area contributed by atoms with Crippen LogP contribution in [0.3, 0.4) is 0 Å². The third-order valence-electron chi connectivity index (χ3n) is 3.67. The Morgan fingerprint density at radius 3 is 2.29 bits per heavy atom.